The van der Waals surface area contributed by atoms with Crippen LogP contribution in [-0.2, 0) is 14.8 Å². The highest BCUT2D eigenvalue weighted by Crippen LogP contribution is 2.32. The molecular weight excluding hydrogens is 473 g/mol. The summed E-state index contributed by atoms with van der Waals surface area (Å²) in [5.41, 5.74) is 0.372. The lowest BCUT2D eigenvalue weighted by Crippen LogP contribution is -2.50. The summed E-state index contributed by atoms with van der Waals surface area (Å²) in [7, 11) is -2.07. The number of nitrogens with zero attached hydrogens (tertiary/aromatic N) is 2. The van der Waals surface area contributed by atoms with Gasteiger partial charge in [0.1, 0.15) is 5.75 Å². The van der Waals surface area contributed by atoms with Gasteiger partial charge in [0.2, 0.25) is 15.9 Å². The number of halogens is 3. The molecule has 1 aliphatic heterocycles. The highest BCUT2D eigenvalue weighted by molar-refractivity contribution is 7.89. The average molecular weight is 493 g/mol. The zero-order chi connectivity index (χ0) is 21.9. The maximum atomic E-state index is 12.8. The van der Waals surface area contributed by atoms with Gasteiger partial charge >= 0.3 is 0 Å². The van der Waals surface area contributed by atoms with Crippen molar-refractivity contribution in [3.63, 3.8) is 0 Å². The third kappa shape index (κ3) is 5.38. The normalized spacial score (nSPS) is 15.7. The Morgan fingerprint density at radius 3 is 2.20 bits per heavy atom. The molecule has 1 saturated heterocycles. The highest BCUT2D eigenvalue weighted by atomic mass is 35.5. The van der Waals surface area contributed by atoms with E-state index in [1.165, 1.54) is 35.7 Å². The highest BCUT2D eigenvalue weighted by Gasteiger charge is 2.29. The maximum absolute atomic E-state index is 12.8. The Hall–Kier alpha value is -1.55. The molecule has 30 heavy (non-hydrogen) atoms. The smallest absolute Gasteiger partial charge is 0.243 e. The molecule has 1 heterocycles. The zero-order valence-electron chi connectivity index (χ0n) is 16.1. The molecule has 0 atom stereocenters. The summed E-state index contributed by atoms with van der Waals surface area (Å²) in [6.07, 6.45) is 0. The molecule has 11 heteroatoms. The minimum atomic E-state index is -3.60. The monoisotopic (exact) mass is 491 g/mol. The number of sulfonamides is 1. The molecule has 0 radical (unpaired) electrons. The molecule has 0 saturated carbocycles. The number of carbonyl (C=O) groups excluding carboxylic acids is 1. The van der Waals surface area contributed by atoms with E-state index in [0.717, 1.165) is 0 Å². The molecule has 7 nitrogen and oxygen atoms in total. The van der Waals surface area contributed by atoms with Crippen molar-refractivity contribution in [2.75, 3.05) is 45.2 Å². The van der Waals surface area contributed by atoms with Crippen LogP contribution in [0.15, 0.2) is 41.3 Å². The van der Waals surface area contributed by atoms with Crippen molar-refractivity contribution in [3.05, 3.63) is 51.5 Å². The van der Waals surface area contributed by atoms with Crippen LogP contribution in [0.1, 0.15) is 0 Å². The van der Waals surface area contributed by atoms with Gasteiger partial charge in [-0.05, 0) is 36.4 Å². The molecule has 0 spiro atoms. The number of rotatable bonds is 6. The van der Waals surface area contributed by atoms with Gasteiger partial charge in [-0.25, -0.2) is 8.42 Å². The van der Waals surface area contributed by atoms with Gasteiger partial charge in [-0.3, -0.25) is 9.69 Å². The number of hydrogen-bond donors (Lipinski definition) is 1. The molecule has 2 aromatic carbocycles. The molecule has 0 aromatic heterocycles. The van der Waals surface area contributed by atoms with Crippen molar-refractivity contribution >= 4 is 56.4 Å². The third-order valence-corrected chi connectivity index (χ3v) is 7.63. The van der Waals surface area contributed by atoms with Gasteiger partial charge in [0.25, 0.3) is 0 Å². The minimum Gasteiger partial charge on any atom is -0.497 e. The van der Waals surface area contributed by atoms with Gasteiger partial charge in [-0.15, -0.1) is 0 Å². The number of methoxy groups -OCH3 is 1. The predicted molar refractivity (Wildman–Crippen MR) is 118 cm³/mol. The van der Waals surface area contributed by atoms with Crippen LogP contribution in [0.3, 0.4) is 0 Å². The molecule has 1 N–H and O–H groups in total. The predicted octanol–water partition coefficient (Wildman–Crippen LogP) is 3.60. The fraction of sp³-hybridized carbons (Fsp3) is 0.316. The number of anilines is 1. The van der Waals surface area contributed by atoms with Crippen molar-refractivity contribution in [3.8, 4) is 5.75 Å². The van der Waals surface area contributed by atoms with Gasteiger partial charge in [0.15, 0.2) is 0 Å². The molecule has 0 unspecified atom stereocenters. The first-order valence-corrected chi connectivity index (χ1v) is 11.6. The Kier molecular flexibility index (Phi) is 7.49. The first-order valence-electron chi connectivity index (χ1n) is 9.01. The number of nitrogens with one attached hydrogen (secondary N) is 1. The van der Waals surface area contributed by atoms with Crippen LogP contribution in [-0.4, -0.2) is 63.4 Å². The number of hydrogen-bond acceptors (Lipinski definition) is 5. The minimum absolute atomic E-state index is 0.104. The fourth-order valence-corrected chi connectivity index (χ4v) is 5.05. The van der Waals surface area contributed by atoms with Crippen molar-refractivity contribution in [1.82, 2.24) is 9.21 Å². The van der Waals surface area contributed by atoms with E-state index in [1.807, 2.05) is 4.90 Å². The summed E-state index contributed by atoms with van der Waals surface area (Å²) in [6, 6.07) is 9.22. The lowest BCUT2D eigenvalue weighted by molar-refractivity contribution is -0.117. The molecule has 1 fully saturated rings. The van der Waals surface area contributed by atoms with E-state index in [-0.39, 0.29) is 40.5 Å². The van der Waals surface area contributed by atoms with Crippen molar-refractivity contribution < 1.29 is 17.9 Å². The van der Waals surface area contributed by atoms with Crippen LogP contribution in [0.4, 0.5) is 5.69 Å². The van der Waals surface area contributed by atoms with E-state index < -0.39 is 10.0 Å². The average Bonchev–Trinajstić information content (AvgIpc) is 2.72. The number of amides is 1. The van der Waals surface area contributed by atoms with Gasteiger partial charge in [-0.2, -0.15) is 4.31 Å². The maximum Gasteiger partial charge on any atom is 0.243 e. The standard InChI is InChI=1S/C19H20Cl3N3O4S/c1-29-13-2-4-14(5-3-13)30(27,28)25-8-6-24(7-9-25)12-19(26)23-18-11-16(21)15(20)10-17(18)22/h2-5,10-11H,6-9,12H2,1H3,(H,23,26). The summed E-state index contributed by atoms with van der Waals surface area (Å²) in [6.45, 7) is 1.53. The largest absolute Gasteiger partial charge is 0.497 e. The van der Waals surface area contributed by atoms with Gasteiger partial charge in [-0.1, -0.05) is 34.8 Å². The van der Waals surface area contributed by atoms with E-state index in [9.17, 15) is 13.2 Å². The van der Waals surface area contributed by atoms with Gasteiger partial charge in [0.05, 0.1) is 39.3 Å². The van der Waals surface area contributed by atoms with E-state index in [0.29, 0.717) is 29.5 Å². The number of carbonyl (C=O) groups is 1. The Morgan fingerprint density at radius 2 is 1.60 bits per heavy atom. The molecule has 1 aliphatic rings. The number of piperazine rings is 1. The topological polar surface area (TPSA) is 79.0 Å². The molecule has 2 aromatic rings. The lowest BCUT2D eigenvalue weighted by atomic mass is 10.3. The Balaban J connectivity index is 1.56. The van der Waals surface area contributed by atoms with Crippen LogP contribution in [0.5, 0.6) is 5.75 Å². The van der Waals surface area contributed by atoms with Gasteiger partial charge < -0.3 is 10.1 Å². The second-order valence-corrected chi connectivity index (χ2v) is 9.81. The molecule has 0 aliphatic carbocycles. The summed E-state index contributed by atoms with van der Waals surface area (Å²) in [5, 5.41) is 3.58. The number of ether oxygens (including phenoxy) is 1. The first-order chi connectivity index (χ1) is 14.2. The fourth-order valence-electron chi connectivity index (χ4n) is 3.04. The SMILES string of the molecule is COc1ccc(S(=O)(=O)N2CCN(CC(=O)Nc3cc(Cl)c(Cl)cc3Cl)CC2)cc1. The van der Waals surface area contributed by atoms with Crippen LogP contribution in [0.2, 0.25) is 15.1 Å². The third-order valence-electron chi connectivity index (χ3n) is 4.68. The molecule has 1 amide bonds. The molecule has 3 rings (SSSR count). The zero-order valence-corrected chi connectivity index (χ0v) is 19.2. The van der Waals surface area contributed by atoms with Crippen LogP contribution in [0.25, 0.3) is 0 Å². The van der Waals surface area contributed by atoms with E-state index in [4.69, 9.17) is 39.5 Å². The summed E-state index contributed by atoms with van der Waals surface area (Å²) in [4.78, 5) is 14.4. The quantitative estimate of drug-likeness (QED) is 0.623. The number of benzene rings is 2. The molecular formula is C19H20Cl3N3O4S. The summed E-state index contributed by atoms with van der Waals surface area (Å²) in [5.74, 6) is 0.314. The Labute approximate surface area is 190 Å². The Morgan fingerprint density at radius 1 is 1.00 bits per heavy atom. The summed E-state index contributed by atoms with van der Waals surface area (Å²) < 4.78 is 32.1. The van der Waals surface area contributed by atoms with E-state index in [1.54, 1.807) is 12.1 Å². The van der Waals surface area contributed by atoms with E-state index in [2.05, 4.69) is 5.32 Å². The van der Waals surface area contributed by atoms with Gasteiger partial charge in [0, 0.05) is 26.2 Å². The second-order valence-electron chi connectivity index (χ2n) is 6.65. The van der Waals surface area contributed by atoms with Crippen LogP contribution in [0, 0.1) is 0 Å². The van der Waals surface area contributed by atoms with Crippen molar-refractivity contribution in [2.24, 2.45) is 0 Å². The first kappa shape index (κ1) is 23.1. The van der Waals surface area contributed by atoms with Crippen molar-refractivity contribution in [2.45, 2.75) is 4.90 Å². The lowest BCUT2D eigenvalue weighted by Gasteiger charge is -2.33. The Bertz CT molecular complexity index is 1020. The molecule has 0 bridgehead atoms. The van der Waals surface area contributed by atoms with E-state index >= 15 is 0 Å². The van der Waals surface area contributed by atoms with Crippen LogP contribution < -0.4 is 10.1 Å². The summed E-state index contributed by atoms with van der Waals surface area (Å²) >= 11 is 17.9. The second kappa shape index (κ2) is 9.72. The van der Waals surface area contributed by atoms with Crippen LogP contribution >= 0.6 is 34.8 Å². The van der Waals surface area contributed by atoms with Crippen molar-refractivity contribution in [1.29, 1.82) is 0 Å². The molecule has 162 valence electrons.